The Morgan fingerprint density at radius 2 is 1.81 bits per heavy atom. The molecule has 132 valence electrons. The quantitative estimate of drug-likeness (QED) is 0.429. The fourth-order valence-electron chi connectivity index (χ4n) is 2.45. The van der Waals surface area contributed by atoms with E-state index in [0.29, 0.717) is 17.1 Å². The predicted molar refractivity (Wildman–Crippen MR) is 105 cm³/mol. The lowest BCUT2D eigenvalue weighted by atomic mass is 10.1. The van der Waals surface area contributed by atoms with Crippen molar-refractivity contribution in [1.29, 1.82) is 0 Å². The second-order valence-corrected chi connectivity index (χ2v) is 6.62. The van der Waals surface area contributed by atoms with Crippen LogP contribution in [-0.2, 0) is 9.59 Å². The van der Waals surface area contributed by atoms with Crippen LogP contribution < -0.4 is 15.0 Å². The highest BCUT2D eigenvalue weighted by atomic mass is 127. The van der Waals surface area contributed by atoms with Gasteiger partial charge in [0.2, 0.25) is 5.91 Å². The first-order valence-electron chi connectivity index (χ1n) is 7.63. The van der Waals surface area contributed by atoms with Gasteiger partial charge in [0, 0.05) is 9.78 Å². The van der Waals surface area contributed by atoms with Crippen molar-refractivity contribution in [1.82, 2.24) is 5.32 Å². The third-order valence-corrected chi connectivity index (χ3v) is 4.45. The molecule has 7 nitrogen and oxygen atoms in total. The fraction of sp³-hybridized carbons (Fsp3) is 0.111. The number of imide groups is 2. The number of nitrogens with one attached hydrogen (secondary N) is 1. The van der Waals surface area contributed by atoms with E-state index in [0.717, 1.165) is 8.47 Å². The zero-order chi connectivity index (χ0) is 18.7. The minimum Gasteiger partial charge on any atom is -0.494 e. The molecule has 1 heterocycles. The van der Waals surface area contributed by atoms with E-state index in [4.69, 9.17) is 4.74 Å². The van der Waals surface area contributed by atoms with Crippen LogP contribution in [0.25, 0.3) is 0 Å². The number of methoxy groups -OCH3 is 1. The highest BCUT2D eigenvalue weighted by Crippen LogP contribution is 2.27. The number of aliphatic imine (C=N–C) groups is 1. The summed E-state index contributed by atoms with van der Waals surface area (Å²) in [6, 6.07) is 13.0. The average molecular weight is 463 g/mol. The Hall–Kier alpha value is -2.75. The molecule has 1 atom stereocenters. The minimum atomic E-state index is -1.21. The van der Waals surface area contributed by atoms with Crippen LogP contribution in [0.2, 0.25) is 0 Å². The molecule has 0 aromatic heterocycles. The van der Waals surface area contributed by atoms with Crippen LogP contribution in [0.5, 0.6) is 5.75 Å². The van der Waals surface area contributed by atoms with Crippen molar-refractivity contribution < 1.29 is 19.1 Å². The first-order chi connectivity index (χ1) is 12.5. The molecule has 1 fully saturated rings. The Balaban J connectivity index is 1.90. The maximum Gasteiger partial charge on any atom is 0.335 e. The summed E-state index contributed by atoms with van der Waals surface area (Å²) >= 11 is 2.12. The van der Waals surface area contributed by atoms with Crippen molar-refractivity contribution in [3.63, 3.8) is 0 Å². The second-order valence-electron chi connectivity index (χ2n) is 5.37. The number of anilines is 1. The van der Waals surface area contributed by atoms with Crippen LogP contribution in [0.1, 0.15) is 0 Å². The maximum absolute atomic E-state index is 12.7. The predicted octanol–water partition coefficient (Wildman–Crippen LogP) is 2.90. The summed E-state index contributed by atoms with van der Waals surface area (Å²) in [5, 5.41) is 2.19. The first-order valence-corrected chi connectivity index (χ1v) is 8.70. The Bertz CT molecular complexity index is 896. The van der Waals surface area contributed by atoms with Crippen molar-refractivity contribution in [2.75, 3.05) is 12.0 Å². The number of hydrogen-bond donors (Lipinski definition) is 1. The lowest BCUT2D eigenvalue weighted by molar-refractivity contribution is -0.131. The highest BCUT2D eigenvalue weighted by Gasteiger charge is 2.40. The number of para-hydroxylation sites is 2. The Labute approximate surface area is 163 Å². The molecule has 4 amide bonds. The van der Waals surface area contributed by atoms with Gasteiger partial charge in [0.15, 0.2) is 5.92 Å². The van der Waals surface area contributed by atoms with Gasteiger partial charge in [0.05, 0.1) is 12.8 Å². The largest absolute Gasteiger partial charge is 0.494 e. The van der Waals surface area contributed by atoms with E-state index < -0.39 is 23.8 Å². The zero-order valence-electron chi connectivity index (χ0n) is 13.7. The summed E-state index contributed by atoms with van der Waals surface area (Å²) in [5.41, 5.74) is 0.865. The first kappa shape index (κ1) is 18.1. The number of nitrogens with zero attached hydrogens (tertiary/aromatic N) is 2. The Morgan fingerprint density at radius 1 is 1.12 bits per heavy atom. The van der Waals surface area contributed by atoms with E-state index in [1.807, 2.05) is 0 Å². The average Bonchev–Trinajstić information content (AvgIpc) is 2.63. The SMILES string of the molecule is COc1ccccc1N=C[C@@H]1C(=O)NC(=O)N(c2ccc(I)cc2)C1=O. The van der Waals surface area contributed by atoms with Crippen LogP contribution in [-0.4, -0.2) is 31.2 Å². The molecule has 1 saturated heterocycles. The molecule has 0 bridgehead atoms. The number of benzene rings is 2. The molecule has 8 heteroatoms. The van der Waals surface area contributed by atoms with Gasteiger partial charge in [-0.3, -0.25) is 19.9 Å². The van der Waals surface area contributed by atoms with Crippen molar-refractivity contribution in [3.05, 3.63) is 52.1 Å². The van der Waals surface area contributed by atoms with E-state index in [1.165, 1.54) is 13.3 Å². The summed E-state index contributed by atoms with van der Waals surface area (Å²) in [7, 11) is 1.50. The molecule has 0 spiro atoms. The molecular weight excluding hydrogens is 449 g/mol. The minimum absolute atomic E-state index is 0.385. The normalized spacial score (nSPS) is 17.5. The second kappa shape index (κ2) is 7.65. The number of hydrogen-bond acceptors (Lipinski definition) is 5. The van der Waals surface area contributed by atoms with Gasteiger partial charge in [-0.2, -0.15) is 0 Å². The van der Waals surface area contributed by atoms with Crippen molar-refractivity contribution in [3.8, 4) is 5.75 Å². The summed E-state index contributed by atoms with van der Waals surface area (Å²) in [6.45, 7) is 0. The molecular formula is C18H14IN3O4. The summed E-state index contributed by atoms with van der Waals surface area (Å²) in [4.78, 5) is 42.1. The monoisotopic (exact) mass is 463 g/mol. The van der Waals surface area contributed by atoms with Gasteiger partial charge in [0.25, 0.3) is 5.91 Å². The van der Waals surface area contributed by atoms with E-state index in [1.54, 1.807) is 48.5 Å². The molecule has 0 radical (unpaired) electrons. The van der Waals surface area contributed by atoms with Crippen LogP contribution in [0, 0.1) is 9.49 Å². The van der Waals surface area contributed by atoms with Gasteiger partial charge >= 0.3 is 6.03 Å². The number of ether oxygens (including phenoxy) is 1. The highest BCUT2D eigenvalue weighted by molar-refractivity contribution is 14.1. The molecule has 0 saturated carbocycles. The number of amides is 4. The van der Waals surface area contributed by atoms with Crippen molar-refractivity contribution >= 4 is 58.0 Å². The lowest BCUT2D eigenvalue weighted by Crippen LogP contribution is -2.58. The van der Waals surface area contributed by atoms with E-state index in [-0.39, 0.29) is 0 Å². The third kappa shape index (κ3) is 3.59. The molecule has 0 aliphatic carbocycles. The van der Waals surface area contributed by atoms with Gasteiger partial charge in [-0.15, -0.1) is 0 Å². The van der Waals surface area contributed by atoms with Gasteiger partial charge in [-0.25, -0.2) is 9.69 Å². The van der Waals surface area contributed by atoms with Crippen LogP contribution in [0.4, 0.5) is 16.2 Å². The number of rotatable bonds is 4. The topological polar surface area (TPSA) is 88.1 Å². The molecule has 1 aliphatic rings. The summed E-state index contributed by atoms with van der Waals surface area (Å²) in [6.07, 6.45) is 1.22. The Kier molecular flexibility index (Phi) is 5.31. The maximum atomic E-state index is 12.7. The van der Waals surface area contributed by atoms with Crippen LogP contribution in [0.15, 0.2) is 53.5 Å². The zero-order valence-corrected chi connectivity index (χ0v) is 15.8. The standard InChI is InChI=1S/C18H14IN3O4/c1-26-15-5-3-2-4-14(15)20-10-13-16(23)21-18(25)22(17(13)24)12-8-6-11(19)7-9-12/h2-10,13H,1H3,(H,21,23,25)/t13-/m1/s1. The molecule has 2 aromatic carbocycles. The van der Waals surface area contributed by atoms with Gasteiger partial charge in [0.1, 0.15) is 11.4 Å². The van der Waals surface area contributed by atoms with Crippen LogP contribution >= 0.6 is 22.6 Å². The van der Waals surface area contributed by atoms with E-state index >= 15 is 0 Å². The van der Waals surface area contributed by atoms with Crippen LogP contribution in [0.3, 0.4) is 0 Å². The molecule has 0 unspecified atom stereocenters. The number of carbonyl (C=O) groups excluding carboxylic acids is 3. The van der Waals surface area contributed by atoms with E-state index in [2.05, 4.69) is 32.9 Å². The third-order valence-electron chi connectivity index (χ3n) is 3.73. The van der Waals surface area contributed by atoms with E-state index in [9.17, 15) is 14.4 Å². The smallest absolute Gasteiger partial charge is 0.335 e. The molecule has 26 heavy (non-hydrogen) atoms. The molecule has 2 aromatic rings. The van der Waals surface area contributed by atoms with Gasteiger partial charge in [-0.05, 0) is 59.0 Å². The van der Waals surface area contributed by atoms with Gasteiger partial charge in [-0.1, -0.05) is 12.1 Å². The van der Waals surface area contributed by atoms with Crippen molar-refractivity contribution in [2.45, 2.75) is 0 Å². The fourth-order valence-corrected chi connectivity index (χ4v) is 2.81. The lowest BCUT2D eigenvalue weighted by Gasteiger charge is -2.28. The number of halogens is 1. The number of urea groups is 1. The Morgan fingerprint density at radius 3 is 2.50 bits per heavy atom. The molecule has 3 rings (SSSR count). The van der Waals surface area contributed by atoms with Crippen molar-refractivity contribution in [2.24, 2.45) is 10.9 Å². The van der Waals surface area contributed by atoms with Gasteiger partial charge < -0.3 is 4.74 Å². The molecule has 1 N–H and O–H groups in total. The number of barbiturate groups is 1. The number of carbonyl (C=O) groups is 3. The summed E-state index contributed by atoms with van der Waals surface area (Å²) in [5.74, 6) is -2.06. The molecule has 1 aliphatic heterocycles. The summed E-state index contributed by atoms with van der Waals surface area (Å²) < 4.78 is 6.15.